The zero-order chi connectivity index (χ0) is 24.3. The van der Waals surface area contributed by atoms with Crippen LogP contribution in [-0.4, -0.2) is 67.0 Å². The highest BCUT2D eigenvalue weighted by Crippen LogP contribution is 2.40. The van der Waals surface area contributed by atoms with Crippen LogP contribution in [0.2, 0.25) is 5.02 Å². The summed E-state index contributed by atoms with van der Waals surface area (Å²) in [5.41, 5.74) is 2.33. The number of anilines is 2. The number of nitrogens with one attached hydrogen (secondary N) is 1. The maximum atomic E-state index is 12.5. The third-order valence-corrected chi connectivity index (χ3v) is 7.61. The van der Waals surface area contributed by atoms with Crippen LogP contribution in [0.5, 0.6) is 11.5 Å². The molecule has 190 valence electrons. The number of ether oxygens (including phenoxy) is 2. The molecule has 1 aliphatic rings. The maximum Gasteiger partial charge on any atom is 0.177 e. The fraction of sp³-hybridized carbons (Fsp3) is 0.500. The minimum Gasteiger partial charge on any atom is -0.493 e. The molecule has 1 atom stereocenters. The quantitative estimate of drug-likeness (QED) is 0.519. The molecule has 2 aromatic rings. The summed E-state index contributed by atoms with van der Waals surface area (Å²) in [6.45, 7) is 3.79. The van der Waals surface area contributed by atoms with Gasteiger partial charge >= 0.3 is 0 Å². The van der Waals surface area contributed by atoms with Crippen LogP contribution in [0.3, 0.4) is 0 Å². The smallest absolute Gasteiger partial charge is 0.177 e. The van der Waals surface area contributed by atoms with E-state index in [1.54, 1.807) is 32.4 Å². The first kappa shape index (κ1) is 28.4. The standard InChI is InChI=1S/C24H34ClN3O4S.ClH/c1-16(20-13-17(25)14-22(31-4)24(20)32-5)26-21-15-19(7-8-23(21)33(6,29)30)28-11-9-18(10-12-28)27(2)3;/h7-8,13-16,18,26H,9-12H2,1-6H3;1H. The van der Waals surface area contributed by atoms with Crippen LogP contribution in [0, 0.1) is 0 Å². The summed E-state index contributed by atoms with van der Waals surface area (Å²) in [6, 6.07) is 9.28. The Kier molecular flexibility index (Phi) is 9.77. The van der Waals surface area contributed by atoms with E-state index in [4.69, 9.17) is 21.1 Å². The van der Waals surface area contributed by atoms with Crippen molar-refractivity contribution in [3.8, 4) is 11.5 Å². The normalized spacial score (nSPS) is 15.6. The lowest BCUT2D eigenvalue weighted by molar-refractivity contribution is 0.249. The number of hydrogen-bond acceptors (Lipinski definition) is 7. The Hall–Kier alpha value is -1.87. The third-order valence-electron chi connectivity index (χ3n) is 6.23. The predicted molar refractivity (Wildman–Crippen MR) is 142 cm³/mol. The van der Waals surface area contributed by atoms with E-state index in [2.05, 4.69) is 29.2 Å². The van der Waals surface area contributed by atoms with Gasteiger partial charge in [-0.25, -0.2) is 8.42 Å². The second-order valence-electron chi connectivity index (χ2n) is 8.73. The lowest BCUT2D eigenvalue weighted by atomic mass is 10.0. The number of rotatable bonds is 8. The Morgan fingerprint density at radius 3 is 2.29 bits per heavy atom. The first-order chi connectivity index (χ1) is 15.5. The summed E-state index contributed by atoms with van der Waals surface area (Å²) in [5, 5.41) is 3.90. The zero-order valence-electron chi connectivity index (χ0n) is 20.6. The van der Waals surface area contributed by atoms with Crippen LogP contribution in [0.25, 0.3) is 0 Å². The largest absolute Gasteiger partial charge is 0.493 e. The average molecular weight is 533 g/mol. The molecule has 1 N–H and O–H groups in total. The third kappa shape index (κ3) is 6.42. The summed E-state index contributed by atoms with van der Waals surface area (Å²) >= 11 is 6.30. The first-order valence-corrected chi connectivity index (χ1v) is 13.3. The fourth-order valence-electron chi connectivity index (χ4n) is 4.38. The zero-order valence-corrected chi connectivity index (χ0v) is 23.0. The van der Waals surface area contributed by atoms with Gasteiger partial charge in [-0.1, -0.05) is 11.6 Å². The van der Waals surface area contributed by atoms with Gasteiger partial charge in [0, 0.05) is 47.7 Å². The van der Waals surface area contributed by atoms with Crippen molar-refractivity contribution in [3.05, 3.63) is 40.9 Å². The van der Waals surface area contributed by atoms with Gasteiger partial charge in [-0.15, -0.1) is 12.4 Å². The van der Waals surface area contributed by atoms with Gasteiger partial charge in [-0.2, -0.15) is 0 Å². The lowest BCUT2D eigenvalue weighted by Crippen LogP contribution is -2.42. The average Bonchev–Trinajstić information content (AvgIpc) is 2.77. The van der Waals surface area contributed by atoms with Crippen LogP contribution in [0.4, 0.5) is 11.4 Å². The van der Waals surface area contributed by atoms with Gasteiger partial charge < -0.3 is 24.6 Å². The molecule has 7 nitrogen and oxygen atoms in total. The van der Waals surface area contributed by atoms with E-state index in [1.807, 2.05) is 19.1 Å². The molecule has 0 aliphatic carbocycles. The number of nitrogens with zero attached hydrogens (tertiary/aromatic N) is 2. The molecule has 1 unspecified atom stereocenters. The second-order valence-corrected chi connectivity index (χ2v) is 11.2. The van der Waals surface area contributed by atoms with Gasteiger partial charge in [0.1, 0.15) is 0 Å². The van der Waals surface area contributed by atoms with Gasteiger partial charge in [0.25, 0.3) is 0 Å². The van der Waals surface area contributed by atoms with Gasteiger partial charge in [0.15, 0.2) is 21.3 Å². The van der Waals surface area contributed by atoms with E-state index in [0.29, 0.717) is 28.3 Å². The van der Waals surface area contributed by atoms with Crippen molar-refractivity contribution in [2.24, 2.45) is 0 Å². The second kappa shape index (κ2) is 11.7. The minimum absolute atomic E-state index is 0. The van der Waals surface area contributed by atoms with Gasteiger partial charge in [0.05, 0.1) is 30.8 Å². The highest BCUT2D eigenvalue weighted by atomic mass is 35.5. The van der Waals surface area contributed by atoms with Crippen molar-refractivity contribution in [3.63, 3.8) is 0 Å². The number of methoxy groups -OCH3 is 2. The Morgan fingerprint density at radius 1 is 1.12 bits per heavy atom. The van der Waals surface area contributed by atoms with E-state index in [9.17, 15) is 8.42 Å². The predicted octanol–water partition coefficient (Wildman–Crippen LogP) is 4.89. The van der Waals surface area contributed by atoms with Gasteiger partial charge in [-0.05, 0) is 58.1 Å². The highest BCUT2D eigenvalue weighted by molar-refractivity contribution is 7.90. The SMILES string of the molecule is COc1cc(Cl)cc(C(C)Nc2cc(N3CCC(N(C)C)CC3)ccc2S(C)(=O)=O)c1OC.Cl. The Balaban J connectivity index is 0.00000408. The maximum absolute atomic E-state index is 12.5. The van der Waals surface area contributed by atoms with E-state index >= 15 is 0 Å². The van der Waals surface area contributed by atoms with E-state index in [-0.39, 0.29) is 23.3 Å². The van der Waals surface area contributed by atoms with E-state index in [1.165, 1.54) is 6.26 Å². The number of hydrogen-bond donors (Lipinski definition) is 1. The van der Waals surface area contributed by atoms with Crippen molar-refractivity contribution < 1.29 is 17.9 Å². The topological polar surface area (TPSA) is 71.1 Å². The fourth-order valence-corrected chi connectivity index (χ4v) is 5.43. The number of halogens is 2. The number of sulfone groups is 1. The molecule has 1 saturated heterocycles. The van der Waals surface area contributed by atoms with Crippen molar-refractivity contribution >= 4 is 45.2 Å². The molecule has 0 amide bonds. The molecule has 0 bridgehead atoms. The van der Waals surface area contributed by atoms with Gasteiger partial charge in [-0.3, -0.25) is 0 Å². The molecule has 2 aromatic carbocycles. The molecule has 1 fully saturated rings. The molecule has 1 aliphatic heterocycles. The molecule has 0 radical (unpaired) electrons. The van der Waals surface area contributed by atoms with Crippen molar-refractivity contribution in [2.75, 3.05) is 57.9 Å². The van der Waals surface area contributed by atoms with Crippen LogP contribution in [0.15, 0.2) is 35.2 Å². The van der Waals surface area contributed by atoms with Crippen molar-refractivity contribution in [2.45, 2.75) is 36.7 Å². The molecule has 3 rings (SSSR count). The van der Waals surface area contributed by atoms with Crippen LogP contribution in [0.1, 0.15) is 31.4 Å². The van der Waals surface area contributed by atoms with Crippen LogP contribution < -0.4 is 19.7 Å². The summed E-state index contributed by atoms with van der Waals surface area (Å²) < 4.78 is 36.0. The Morgan fingerprint density at radius 2 is 1.76 bits per heavy atom. The van der Waals surface area contributed by atoms with Gasteiger partial charge in [0.2, 0.25) is 0 Å². The molecular weight excluding hydrogens is 497 g/mol. The minimum atomic E-state index is -3.44. The molecule has 0 saturated carbocycles. The summed E-state index contributed by atoms with van der Waals surface area (Å²) in [5.74, 6) is 1.08. The molecule has 0 aromatic heterocycles. The molecular formula is C24H35Cl2N3O4S. The van der Waals surface area contributed by atoms with Crippen LogP contribution in [-0.2, 0) is 9.84 Å². The first-order valence-electron chi connectivity index (χ1n) is 11.0. The van der Waals surface area contributed by atoms with Crippen molar-refractivity contribution in [1.82, 2.24) is 4.90 Å². The molecule has 1 heterocycles. The number of benzene rings is 2. The Bertz CT molecular complexity index is 1090. The summed E-state index contributed by atoms with van der Waals surface area (Å²) in [6.07, 6.45) is 3.36. The summed E-state index contributed by atoms with van der Waals surface area (Å²) in [4.78, 5) is 4.84. The number of piperidine rings is 1. The van der Waals surface area contributed by atoms with E-state index < -0.39 is 9.84 Å². The highest BCUT2D eigenvalue weighted by Gasteiger charge is 2.24. The Labute approximate surface area is 214 Å². The molecule has 34 heavy (non-hydrogen) atoms. The van der Waals surface area contributed by atoms with Crippen molar-refractivity contribution in [1.29, 1.82) is 0 Å². The monoisotopic (exact) mass is 531 g/mol. The summed E-state index contributed by atoms with van der Waals surface area (Å²) in [7, 11) is 3.92. The molecule has 0 spiro atoms. The lowest BCUT2D eigenvalue weighted by Gasteiger charge is -2.36. The van der Waals surface area contributed by atoms with Crippen LogP contribution >= 0.6 is 24.0 Å². The van der Waals surface area contributed by atoms with E-state index in [0.717, 1.165) is 37.2 Å². The molecule has 10 heteroatoms.